The van der Waals surface area contributed by atoms with Crippen LogP contribution in [0.1, 0.15) is 59.9 Å². The minimum atomic E-state index is -1.16. The molecule has 0 amide bonds. The first-order valence-corrected chi connectivity index (χ1v) is 9.54. The van der Waals surface area contributed by atoms with E-state index in [1.54, 1.807) is 21.0 Å². The van der Waals surface area contributed by atoms with Crippen molar-refractivity contribution in [2.75, 3.05) is 7.11 Å². The molecule has 0 aliphatic rings. The Hall–Kier alpha value is -1.59. The summed E-state index contributed by atoms with van der Waals surface area (Å²) >= 11 is 0. The zero-order valence-electron chi connectivity index (χ0n) is 17.8. The Morgan fingerprint density at radius 2 is 1.63 bits per heavy atom. The zero-order chi connectivity index (χ0) is 20.8. The van der Waals surface area contributed by atoms with Gasteiger partial charge in [0, 0.05) is 0 Å². The average Bonchev–Trinajstić information content (AvgIpc) is 2.57. The predicted molar refractivity (Wildman–Crippen MR) is 107 cm³/mol. The van der Waals surface area contributed by atoms with E-state index in [1.807, 2.05) is 31.2 Å². The van der Waals surface area contributed by atoms with Gasteiger partial charge in [0.25, 0.3) is 0 Å². The summed E-state index contributed by atoms with van der Waals surface area (Å²) in [6, 6.07) is 7.80. The van der Waals surface area contributed by atoms with Crippen LogP contribution in [-0.2, 0) is 16.1 Å². The van der Waals surface area contributed by atoms with Crippen molar-refractivity contribution in [2.45, 2.75) is 73.2 Å². The fourth-order valence-corrected chi connectivity index (χ4v) is 2.87. The fraction of sp³-hybridized carbons (Fsp3) is 0.682. The van der Waals surface area contributed by atoms with Crippen LogP contribution in [0.4, 0.5) is 0 Å². The number of benzene rings is 1. The minimum Gasteiger partial charge on any atom is -0.497 e. The lowest BCUT2D eigenvalue weighted by molar-refractivity contribution is -0.154. The molecule has 0 aliphatic heterocycles. The number of carboxylic acid groups (broad SMARTS) is 1. The largest absolute Gasteiger partial charge is 0.497 e. The highest BCUT2D eigenvalue weighted by Crippen LogP contribution is 2.32. The van der Waals surface area contributed by atoms with E-state index in [1.165, 1.54) is 0 Å². The van der Waals surface area contributed by atoms with Crippen LogP contribution in [0.3, 0.4) is 0 Å². The smallest absolute Gasteiger partial charge is 0.311 e. The van der Waals surface area contributed by atoms with Crippen LogP contribution in [0.2, 0.25) is 0 Å². The zero-order valence-corrected chi connectivity index (χ0v) is 17.8. The Bertz CT molecular complexity index is 586. The topological polar surface area (TPSA) is 76.0 Å². The van der Waals surface area contributed by atoms with Crippen LogP contribution < -0.4 is 4.74 Å². The third-order valence-electron chi connectivity index (χ3n) is 5.20. The molecular formula is C22H36O5. The van der Waals surface area contributed by atoms with E-state index in [2.05, 4.69) is 20.8 Å². The van der Waals surface area contributed by atoms with Crippen LogP contribution >= 0.6 is 0 Å². The van der Waals surface area contributed by atoms with Crippen LogP contribution in [0, 0.1) is 16.7 Å². The predicted octanol–water partition coefficient (Wildman–Crippen LogP) is 4.51. The quantitative estimate of drug-likeness (QED) is 0.624. The molecule has 0 fully saturated rings. The maximum absolute atomic E-state index is 11.3. The number of rotatable bonds is 10. The van der Waals surface area contributed by atoms with Gasteiger partial charge in [-0.25, -0.2) is 0 Å². The van der Waals surface area contributed by atoms with Crippen molar-refractivity contribution >= 4 is 5.97 Å². The summed E-state index contributed by atoms with van der Waals surface area (Å²) in [5.74, 6) is -0.0289. The third kappa shape index (κ3) is 7.15. The molecule has 2 N–H and O–H groups in total. The molecule has 0 spiro atoms. The molecule has 5 heteroatoms. The molecule has 0 saturated carbocycles. The van der Waals surface area contributed by atoms with Gasteiger partial charge >= 0.3 is 5.97 Å². The molecule has 1 rings (SSSR count). The van der Waals surface area contributed by atoms with Gasteiger partial charge in [0.2, 0.25) is 0 Å². The van der Waals surface area contributed by atoms with Crippen molar-refractivity contribution in [1.82, 2.24) is 0 Å². The number of hydrogen-bond donors (Lipinski definition) is 2. The molecule has 0 aromatic heterocycles. The van der Waals surface area contributed by atoms with E-state index in [9.17, 15) is 15.0 Å². The number of hydrogen-bond acceptors (Lipinski definition) is 4. The van der Waals surface area contributed by atoms with Crippen molar-refractivity contribution in [2.24, 2.45) is 16.7 Å². The Morgan fingerprint density at radius 1 is 1.07 bits per heavy atom. The Balaban J connectivity index is 2.70. The van der Waals surface area contributed by atoms with E-state index in [0.29, 0.717) is 13.0 Å². The van der Waals surface area contributed by atoms with E-state index in [0.717, 1.165) is 17.7 Å². The number of carboxylic acids is 1. The highest BCUT2D eigenvalue weighted by atomic mass is 16.5. The number of carbonyl (C=O) groups is 1. The third-order valence-corrected chi connectivity index (χ3v) is 5.20. The molecule has 0 radical (unpaired) electrons. The van der Waals surface area contributed by atoms with E-state index in [-0.39, 0.29) is 17.4 Å². The molecule has 3 atom stereocenters. The SMILES string of the molecule is COc1ccc(CO[C@@H](C[C@@H](C)C[C@H](O)C(C)(C)C(=O)O)C(C)(C)C)cc1. The number of aliphatic hydroxyl groups is 1. The second-order valence-corrected chi connectivity index (χ2v) is 9.13. The van der Waals surface area contributed by atoms with Crippen molar-refractivity contribution < 1.29 is 24.5 Å². The molecule has 154 valence electrons. The highest BCUT2D eigenvalue weighted by Gasteiger charge is 2.37. The first-order chi connectivity index (χ1) is 12.4. The molecule has 0 aliphatic carbocycles. The van der Waals surface area contributed by atoms with Gasteiger partial charge in [0.1, 0.15) is 5.75 Å². The van der Waals surface area contributed by atoms with E-state index < -0.39 is 17.5 Å². The Morgan fingerprint density at radius 3 is 2.07 bits per heavy atom. The first-order valence-electron chi connectivity index (χ1n) is 9.54. The lowest BCUT2D eigenvalue weighted by Gasteiger charge is -2.34. The monoisotopic (exact) mass is 380 g/mol. The fourth-order valence-electron chi connectivity index (χ4n) is 2.87. The van der Waals surface area contributed by atoms with E-state index >= 15 is 0 Å². The van der Waals surface area contributed by atoms with Gasteiger partial charge in [0.05, 0.1) is 31.3 Å². The first kappa shape index (κ1) is 23.4. The molecule has 1 aromatic carbocycles. The minimum absolute atomic E-state index is 0.00487. The van der Waals surface area contributed by atoms with Gasteiger partial charge in [-0.2, -0.15) is 0 Å². The maximum atomic E-state index is 11.3. The van der Waals surface area contributed by atoms with Crippen molar-refractivity contribution in [3.8, 4) is 5.75 Å². The second-order valence-electron chi connectivity index (χ2n) is 9.13. The molecular weight excluding hydrogens is 344 g/mol. The van der Waals surface area contributed by atoms with E-state index in [4.69, 9.17) is 9.47 Å². The summed E-state index contributed by atoms with van der Waals surface area (Å²) in [5.41, 5.74) is -0.145. The Labute approximate surface area is 163 Å². The number of aliphatic carboxylic acids is 1. The van der Waals surface area contributed by atoms with Gasteiger partial charge in [-0.05, 0) is 55.7 Å². The summed E-state index contributed by atoms with van der Waals surface area (Å²) in [5, 5.41) is 19.6. The molecule has 0 unspecified atom stereocenters. The van der Waals surface area contributed by atoms with Gasteiger partial charge in [-0.15, -0.1) is 0 Å². The van der Waals surface area contributed by atoms with Gasteiger partial charge in [-0.1, -0.05) is 39.8 Å². The van der Waals surface area contributed by atoms with Crippen LogP contribution in [0.5, 0.6) is 5.75 Å². The highest BCUT2D eigenvalue weighted by molar-refractivity contribution is 5.74. The lowest BCUT2D eigenvalue weighted by Crippen LogP contribution is -2.39. The molecule has 0 saturated heterocycles. The molecule has 27 heavy (non-hydrogen) atoms. The normalized spacial score (nSPS) is 15.9. The van der Waals surface area contributed by atoms with Gasteiger partial charge < -0.3 is 19.7 Å². The molecule has 1 aromatic rings. The summed E-state index contributed by atoms with van der Waals surface area (Å²) in [6.07, 6.45) is 0.284. The van der Waals surface area contributed by atoms with Gasteiger partial charge in [0.15, 0.2) is 0 Å². The summed E-state index contributed by atoms with van der Waals surface area (Å²) < 4.78 is 11.4. The molecule has 0 heterocycles. The maximum Gasteiger partial charge on any atom is 0.311 e. The molecule has 5 nitrogen and oxygen atoms in total. The number of ether oxygens (including phenoxy) is 2. The van der Waals surface area contributed by atoms with Gasteiger partial charge in [-0.3, -0.25) is 4.79 Å². The number of aliphatic hydroxyl groups excluding tert-OH is 1. The van der Waals surface area contributed by atoms with Crippen LogP contribution in [-0.4, -0.2) is 35.5 Å². The van der Waals surface area contributed by atoms with Crippen LogP contribution in [0.15, 0.2) is 24.3 Å². The Kier molecular flexibility index (Phi) is 8.30. The van der Waals surface area contributed by atoms with Crippen LogP contribution in [0.25, 0.3) is 0 Å². The number of methoxy groups -OCH3 is 1. The molecule has 0 bridgehead atoms. The summed E-state index contributed by atoms with van der Waals surface area (Å²) in [6.45, 7) is 12.1. The van der Waals surface area contributed by atoms with Crippen molar-refractivity contribution in [1.29, 1.82) is 0 Å². The summed E-state index contributed by atoms with van der Waals surface area (Å²) in [7, 11) is 1.64. The lowest BCUT2D eigenvalue weighted by atomic mass is 9.78. The standard InChI is InChI=1S/C22H36O5/c1-15(12-18(23)22(5,6)20(24)25)13-19(21(2,3)4)27-14-16-8-10-17(26-7)11-9-16/h8-11,15,18-19,23H,12-14H2,1-7H3,(H,24,25)/t15-,18-,19-/m0/s1. The van der Waals surface area contributed by atoms with Crippen molar-refractivity contribution in [3.63, 3.8) is 0 Å². The van der Waals surface area contributed by atoms with Crippen molar-refractivity contribution in [3.05, 3.63) is 29.8 Å². The average molecular weight is 381 g/mol. The second kappa shape index (κ2) is 9.56. The summed E-state index contributed by atoms with van der Waals surface area (Å²) in [4.78, 5) is 11.3.